The molecule has 0 radical (unpaired) electrons. The topological polar surface area (TPSA) is 56.2 Å². The quantitative estimate of drug-likeness (QED) is 0.656. The molecular formula is C13H12ClNO2. The van der Waals surface area contributed by atoms with Gasteiger partial charge in [-0.2, -0.15) is 0 Å². The van der Waals surface area contributed by atoms with Crippen LogP contribution in [-0.2, 0) is 0 Å². The van der Waals surface area contributed by atoms with E-state index in [1.165, 1.54) is 0 Å². The minimum absolute atomic E-state index is 0.110. The predicted octanol–water partition coefficient (Wildman–Crippen LogP) is 3.36. The SMILES string of the molecule is Cc1cc(C(=O)c2ccc(N)c(Cl)c2)c(C)o1. The Labute approximate surface area is 104 Å². The van der Waals surface area contributed by atoms with Gasteiger partial charge in [0.25, 0.3) is 0 Å². The van der Waals surface area contributed by atoms with Gasteiger partial charge in [-0.1, -0.05) is 11.6 Å². The minimum Gasteiger partial charge on any atom is -0.466 e. The number of benzene rings is 1. The first-order chi connectivity index (χ1) is 7.99. The second kappa shape index (κ2) is 4.26. The van der Waals surface area contributed by atoms with Crippen LogP contribution in [0.1, 0.15) is 27.4 Å². The Hall–Kier alpha value is -1.74. The lowest BCUT2D eigenvalue weighted by molar-refractivity contribution is 0.103. The standard InChI is InChI=1S/C13H12ClNO2/c1-7-5-10(8(2)17-7)13(16)9-3-4-12(15)11(14)6-9/h3-6H,15H2,1-2H3. The number of hydrogen-bond acceptors (Lipinski definition) is 3. The van der Waals surface area contributed by atoms with Gasteiger partial charge in [-0.25, -0.2) is 0 Å². The van der Waals surface area contributed by atoms with Crippen molar-refractivity contribution in [2.75, 3.05) is 5.73 Å². The first-order valence-electron chi connectivity index (χ1n) is 5.16. The highest BCUT2D eigenvalue weighted by Crippen LogP contribution is 2.23. The Kier molecular flexibility index (Phi) is 2.94. The fraction of sp³-hybridized carbons (Fsp3) is 0.154. The molecular weight excluding hydrogens is 238 g/mol. The van der Waals surface area contributed by atoms with E-state index in [2.05, 4.69) is 0 Å². The van der Waals surface area contributed by atoms with E-state index in [4.69, 9.17) is 21.8 Å². The van der Waals surface area contributed by atoms with Crippen LogP contribution in [0.3, 0.4) is 0 Å². The minimum atomic E-state index is -0.110. The van der Waals surface area contributed by atoms with Gasteiger partial charge in [-0.15, -0.1) is 0 Å². The monoisotopic (exact) mass is 249 g/mol. The van der Waals surface area contributed by atoms with E-state index in [1.54, 1.807) is 38.1 Å². The van der Waals surface area contributed by atoms with Crippen LogP contribution in [0, 0.1) is 13.8 Å². The van der Waals surface area contributed by atoms with Crippen molar-refractivity contribution in [1.82, 2.24) is 0 Å². The summed E-state index contributed by atoms with van der Waals surface area (Å²) in [6.07, 6.45) is 0. The van der Waals surface area contributed by atoms with Crippen molar-refractivity contribution in [1.29, 1.82) is 0 Å². The molecule has 2 aromatic rings. The van der Waals surface area contributed by atoms with E-state index in [0.29, 0.717) is 33.4 Å². The first-order valence-corrected chi connectivity index (χ1v) is 5.53. The molecule has 0 saturated heterocycles. The van der Waals surface area contributed by atoms with Gasteiger partial charge in [-0.05, 0) is 38.1 Å². The summed E-state index contributed by atoms with van der Waals surface area (Å²) in [4.78, 5) is 12.2. The molecule has 0 aliphatic carbocycles. The largest absolute Gasteiger partial charge is 0.466 e. The van der Waals surface area contributed by atoms with Crippen molar-refractivity contribution in [2.45, 2.75) is 13.8 Å². The van der Waals surface area contributed by atoms with Gasteiger partial charge >= 0.3 is 0 Å². The summed E-state index contributed by atoms with van der Waals surface area (Å²) in [5.41, 5.74) is 7.13. The van der Waals surface area contributed by atoms with Gasteiger partial charge in [0.1, 0.15) is 11.5 Å². The second-order valence-corrected chi connectivity index (χ2v) is 4.30. The van der Waals surface area contributed by atoms with Crippen LogP contribution in [-0.4, -0.2) is 5.78 Å². The molecule has 0 atom stereocenters. The summed E-state index contributed by atoms with van der Waals surface area (Å²) in [5.74, 6) is 1.22. The maximum Gasteiger partial charge on any atom is 0.196 e. The summed E-state index contributed by atoms with van der Waals surface area (Å²) in [7, 11) is 0. The van der Waals surface area contributed by atoms with Crippen LogP contribution in [0.2, 0.25) is 5.02 Å². The zero-order chi connectivity index (χ0) is 12.6. The predicted molar refractivity (Wildman–Crippen MR) is 67.5 cm³/mol. The molecule has 0 amide bonds. The summed E-state index contributed by atoms with van der Waals surface area (Å²) < 4.78 is 5.33. The lowest BCUT2D eigenvalue weighted by atomic mass is 10.0. The number of furan rings is 1. The maximum atomic E-state index is 12.2. The molecule has 0 aliphatic heterocycles. The van der Waals surface area contributed by atoms with Gasteiger partial charge in [0, 0.05) is 5.56 Å². The molecule has 2 rings (SSSR count). The lowest BCUT2D eigenvalue weighted by Gasteiger charge is -2.02. The molecule has 88 valence electrons. The Morgan fingerprint density at radius 1 is 1.29 bits per heavy atom. The van der Waals surface area contributed by atoms with E-state index < -0.39 is 0 Å². The second-order valence-electron chi connectivity index (χ2n) is 3.89. The molecule has 1 aromatic heterocycles. The van der Waals surface area contributed by atoms with Crippen LogP contribution in [0.25, 0.3) is 0 Å². The summed E-state index contributed by atoms with van der Waals surface area (Å²) >= 11 is 5.89. The van der Waals surface area contributed by atoms with Gasteiger partial charge in [0.2, 0.25) is 0 Å². The first kappa shape index (κ1) is 11.7. The van der Waals surface area contributed by atoms with Gasteiger partial charge in [0.05, 0.1) is 16.3 Å². The van der Waals surface area contributed by atoms with Gasteiger partial charge in [0.15, 0.2) is 5.78 Å². The number of nitrogen functional groups attached to an aromatic ring is 1. The molecule has 0 aliphatic rings. The third kappa shape index (κ3) is 2.19. The molecule has 0 unspecified atom stereocenters. The van der Waals surface area contributed by atoms with Crippen molar-refractivity contribution in [3.8, 4) is 0 Å². The Bertz CT molecular complexity index is 587. The van der Waals surface area contributed by atoms with Crippen LogP contribution in [0.4, 0.5) is 5.69 Å². The fourth-order valence-electron chi connectivity index (χ4n) is 1.68. The average molecular weight is 250 g/mol. The normalized spacial score (nSPS) is 10.5. The number of hydrogen-bond donors (Lipinski definition) is 1. The molecule has 17 heavy (non-hydrogen) atoms. The number of rotatable bonds is 2. The van der Waals surface area contributed by atoms with Crippen LogP contribution >= 0.6 is 11.6 Å². The van der Waals surface area contributed by atoms with Crippen molar-refractivity contribution in [2.24, 2.45) is 0 Å². The van der Waals surface area contributed by atoms with Crippen molar-refractivity contribution in [3.05, 3.63) is 51.9 Å². The van der Waals surface area contributed by atoms with Crippen LogP contribution in [0.15, 0.2) is 28.7 Å². The molecule has 1 aromatic carbocycles. The lowest BCUT2D eigenvalue weighted by Crippen LogP contribution is -2.02. The number of carbonyl (C=O) groups excluding carboxylic acids is 1. The van der Waals surface area contributed by atoms with Crippen LogP contribution < -0.4 is 5.73 Å². The number of ketones is 1. The fourth-order valence-corrected chi connectivity index (χ4v) is 1.86. The third-order valence-corrected chi connectivity index (χ3v) is 2.88. The molecule has 4 heteroatoms. The highest BCUT2D eigenvalue weighted by Gasteiger charge is 2.16. The molecule has 2 N–H and O–H groups in total. The number of halogens is 1. The van der Waals surface area contributed by atoms with E-state index >= 15 is 0 Å². The molecule has 0 spiro atoms. The van der Waals surface area contributed by atoms with E-state index in [9.17, 15) is 4.79 Å². The third-order valence-electron chi connectivity index (χ3n) is 2.55. The highest BCUT2D eigenvalue weighted by molar-refractivity contribution is 6.33. The Balaban J connectivity index is 2.44. The van der Waals surface area contributed by atoms with E-state index in [1.807, 2.05) is 0 Å². The summed E-state index contributed by atoms with van der Waals surface area (Å²) in [5, 5.41) is 0.383. The van der Waals surface area contributed by atoms with E-state index in [-0.39, 0.29) is 5.78 Å². The van der Waals surface area contributed by atoms with Crippen molar-refractivity contribution < 1.29 is 9.21 Å². The van der Waals surface area contributed by atoms with Crippen molar-refractivity contribution in [3.63, 3.8) is 0 Å². The molecule has 1 heterocycles. The van der Waals surface area contributed by atoms with E-state index in [0.717, 1.165) is 0 Å². The van der Waals surface area contributed by atoms with Crippen molar-refractivity contribution >= 4 is 23.1 Å². The molecule has 0 saturated carbocycles. The summed E-state index contributed by atoms with van der Waals surface area (Å²) in [6.45, 7) is 3.57. The average Bonchev–Trinajstić information content (AvgIpc) is 2.61. The smallest absolute Gasteiger partial charge is 0.196 e. The summed E-state index contributed by atoms with van der Waals surface area (Å²) in [6, 6.07) is 6.58. The zero-order valence-electron chi connectivity index (χ0n) is 9.58. The zero-order valence-corrected chi connectivity index (χ0v) is 10.3. The Morgan fingerprint density at radius 3 is 2.53 bits per heavy atom. The highest BCUT2D eigenvalue weighted by atomic mass is 35.5. The van der Waals surface area contributed by atoms with Gasteiger partial charge < -0.3 is 10.2 Å². The van der Waals surface area contributed by atoms with Gasteiger partial charge in [-0.3, -0.25) is 4.79 Å². The number of anilines is 1. The number of aryl methyl sites for hydroxylation is 2. The maximum absolute atomic E-state index is 12.2. The molecule has 0 fully saturated rings. The number of nitrogens with two attached hydrogens (primary N) is 1. The molecule has 3 nitrogen and oxygen atoms in total. The molecule has 0 bridgehead atoms. The Morgan fingerprint density at radius 2 is 2.00 bits per heavy atom. The number of carbonyl (C=O) groups is 1. The van der Waals surface area contributed by atoms with Crippen LogP contribution in [0.5, 0.6) is 0 Å².